The Morgan fingerprint density at radius 3 is 2.63 bits per heavy atom. The molecule has 0 saturated carbocycles. The monoisotopic (exact) mass is 370 g/mol. The maximum absolute atomic E-state index is 12.5. The van der Waals surface area contributed by atoms with E-state index in [0.717, 1.165) is 30.0 Å². The fourth-order valence-electron chi connectivity index (χ4n) is 3.50. The Balaban J connectivity index is 1.72. The molecule has 0 bridgehead atoms. The van der Waals surface area contributed by atoms with Crippen LogP contribution in [-0.4, -0.2) is 36.6 Å². The van der Waals surface area contributed by atoms with Crippen LogP contribution in [0.25, 0.3) is 0 Å². The Kier molecular flexibility index (Phi) is 5.48. The summed E-state index contributed by atoms with van der Waals surface area (Å²) < 4.78 is 4.96. The Labute approximate surface area is 159 Å². The lowest BCUT2D eigenvalue weighted by atomic mass is 10.1. The lowest BCUT2D eigenvalue weighted by Crippen LogP contribution is -2.29. The summed E-state index contributed by atoms with van der Waals surface area (Å²) in [5.74, 6) is 0.347. The van der Waals surface area contributed by atoms with E-state index in [0.29, 0.717) is 18.1 Å². The van der Waals surface area contributed by atoms with Crippen molar-refractivity contribution in [1.29, 1.82) is 0 Å². The first kappa shape index (κ1) is 18.9. The van der Waals surface area contributed by atoms with Gasteiger partial charge in [-0.15, -0.1) is 0 Å². The van der Waals surface area contributed by atoms with Gasteiger partial charge in [0.25, 0.3) is 0 Å². The summed E-state index contributed by atoms with van der Waals surface area (Å²) in [4.78, 5) is 29.0. The molecule has 7 nitrogen and oxygen atoms in total. The average Bonchev–Trinajstić information content (AvgIpc) is 3.22. The summed E-state index contributed by atoms with van der Waals surface area (Å²) in [6.45, 7) is 10.2. The molecule has 144 valence electrons. The lowest BCUT2D eigenvalue weighted by Gasteiger charge is -2.24. The summed E-state index contributed by atoms with van der Waals surface area (Å²) in [5.41, 5.74) is 3.04. The molecule has 1 fully saturated rings. The van der Waals surface area contributed by atoms with Crippen LogP contribution in [0.1, 0.15) is 31.6 Å². The van der Waals surface area contributed by atoms with Crippen molar-refractivity contribution in [2.24, 2.45) is 5.92 Å². The molecule has 3 rings (SSSR count). The Hall–Kier alpha value is -2.83. The Morgan fingerprint density at radius 1 is 1.30 bits per heavy atom. The molecule has 1 saturated heterocycles. The van der Waals surface area contributed by atoms with Gasteiger partial charge in [0.15, 0.2) is 5.82 Å². The van der Waals surface area contributed by atoms with Gasteiger partial charge in [0, 0.05) is 43.5 Å². The molecule has 1 aliphatic heterocycles. The van der Waals surface area contributed by atoms with Crippen molar-refractivity contribution in [3.05, 3.63) is 35.6 Å². The Bertz CT molecular complexity index is 842. The van der Waals surface area contributed by atoms with Crippen molar-refractivity contribution in [2.45, 2.75) is 34.1 Å². The maximum Gasteiger partial charge on any atom is 0.231 e. The van der Waals surface area contributed by atoms with E-state index < -0.39 is 5.92 Å². The topological polar surface area (TPSA) is 78.7 Å². The van der Waals surface area contributed by atoms with Crippen LogP contribution in [0.5, 0.6) is 0 Å². The first-order valence-electron chi connectivity index (χ1n) is 9.33. The van der Waals surface area contributed by atoms with E-state index in [2.05, 4.69) is 35.3 Å². The van der Waals surface area contributed by atoms with Gasteiger partial charge in [0.2, 0.25) is 11.8 Å². The van der Waals surface area contributed by atoms with Crippen LogP contribution in [-0.2, 0) is 9.59 Å². The molecule has 1 atom stereocenters. The van der Waals surface area contributed by atoms with Gasteiger partial charge in [0.1, 0.15) is 5.76 Å². The van der Waals surface area contributed by atoms with Gasteiger partial charge in [-0.2, -0.15) is 0 Å². The van der Waals surface area contributed by atoms with Gasteiger partial charge < -0.3 is 19.6 Å². The number of hydrogen-bond acceptors (Lipinski definition) is 5. The van der Waals surface area contributed by atoms with Gasteiger partial charge in [-0.25, -0.2) is 0 Å². The quantitative estimate of drug-likeness (QED) is 0.845. The van der Waals surface area contributed by atoms with Gasteiger partial charge in [-0.05, 0) is 51.5 Å². The van der Waals surface area contributed by atoms with Crippen LogP contribution in [0.2, 0.25) is 0 Å². The van der Waals surface area contributed by atoms with Gasteiger partial charge in [-0.3, -0.25) is 9.59 Å². The number of benzene rings is 1. The van der Waals surface area contributed by atoms with Crippen LogP contribution in [0.4, 0.5) is 17.2 Å². The third-order valence-electron chi connectivity index (χ3n) is 4.97. The minimum Gasteiger partial charge on any atom is -0.372 e. The van der Waals surface area contributed by atoms with Crippen LogP contribution < -0.4 is 15.1 Å². The molecule has 2 heterocycles. The molecule has 0 radical (unpaired) electrons. The molecule has 2 amide bonds. The highest BCUT2D eigenvalue weighted by Crippen LogP contribution is 2.31. The van der Waals surface area contributed by atoms with Crippen molar-refractivity contribution in [2.75, 3.05) is 34.8 Å². The molecule has 0 aliphatic carbocycles. The van der Waals surface area contributed by atoms with Gasteiger partial charge in [0.05, 0.1) is 5.92 Å². The molecule has 0 spiro atoms. The van der Waals surface area contributed by atoms with E-state index in [-0.39, 0.29) is 18.2 Å². The molecule has 7 heteroatoms. The maximum atomic E-state index is 12.5. The zero-order valence-corrected chi connectivity index (χ0v) is 16.3. The predicted molar refractivity (Wildman–Crippen MR) is 105 cm³/mol. The van der Waals surface area contributed by atoms with E-state index >= 15 is 0 Å². The number of aryl methyl sites for hydroxylation is 2. The molecule has 1 aliphatic rings. The summed E-state index contributed by atoms with van der Waals surface area (Å²) in [6, 6.07) is 7.76. The van der Waals surface area contributed by atoms with E-state index in [4.69, 9.17) is 4.52 Å². The van der Waals surface area contributed by atoms with Crippen LogP contribution in [0, 0.1) is 19.8 Å². The van der Waals surface area contributed by atoms with E-state index in [9.17, 15) is 9.59 Å². The zero-order valence-electron chi connectivity index (χ0n) is 16.3. The standard InChI is InChI=1S/C20H26N4O3/c1-5-23(6-2)16-7-8-17(13(3)9-16)24-12-15(11-19(24)25)20(26)21-18-10-14(4)27-22-18/h7-10,15H,5-6,11-12H2,1-4H3,(H,21,22,26). The summed E-state index contributed by atoms with van der Waals surface area (Å²) in [6.07, 6.45) is 0.194. The van der Waals surface area contributed by atoms with E-state index in [1.165, 1.54) is 0 Å². The third kappa shape index (κ3) is 3.97. The molecule has 2 aromatic rings. The number of carbonyl (C=O) groups is 2. The number of nitrogens with zero attached hydrogens (tertiary/aromatic N) is 3. The lowest BCUT2D eigenvalue weighted by molar-refractivity contribution is -0.122. The molecule has 1 aromatic heterocycles. The number of anilines is 3. The minimum atomic E-state index is -0.406. The Morgan fingerprint density at radius 2 is 2.04 bits per heavy atom. The van der Waals surface area contributed by atoms with Crippen LogP contribution in [0.3, 0.4) is 0 Å². The average molecular weight is 370 g/mol. The van der Waals surface area contributed by atoms with E-state index in [1.807, 2.05) is 19.1 Å². The van der Waals surface area contributed by atoms with Gasteiger partial charge >= 0.3 is 0 Å². The molecule has 1 N–H and O–H groups in total. The number of aromatic nitrogens is 1. The fraction of sp³-hybridized carbons (Fsp3) is 0.450. The van der Waals surface area contributed by atoms with Crippen molar-refractivity contribution < 1.29 is 14.1 Å². The second kappa shape index (κ2) is 7.82. The highest BCUT2D eigenvalue weighted by molar-refractivity contribution is 6.03. The number of nitrogens with one attached hydrogen (secondary N) is 1. The first-order valence-corrected chi connectivity index (χ1v) is 9.33. The summed E-state index contributed by atoms with van der Waals surface area (Å²) in [7, 11) is 0. The summed E-state index contributed by atoms with van der Waals surface area (Å²) in [5, 5.41) is 6.49. The highest BCUT2D eigenvalue weighted by atomic mass is 16.5. The van der Waals surface area contributed by atoms with Crippen molar-refractivity contribution >= 4 is 29.0 Å². The number of carbonyl (C=O) groups excluding carboxylic acids is 2. The molecule has 1 unspecified atom stereocenters. The molecular formula is C20H26N4O3. The summed E-state index contributed by atoms with van der Waals surface area (Å²) >= 11 is 0. The van der Waals surface area contributed by atoms with E-state index in [1.54, 1.807) is 17.9 Å². The first-order chi connectivity index (χ1) is 12.9. The second-order valence-electron chi connectivity index (χ2n) is 6.86. The number of amides is 2. The number of rotatable bonds is 6. The van der Waals surface area contributed by atoms with Crippen LogP contribution >= 0.6 is 0 Å². The fourth-order valence-corrected chi connectivity index (χ4v) is 3.50. The normalized spacial score (nSPS) is 16.7. The zero-order chi connectivity index (χ0) is 19.6. The minimum absolute atomic E-state index is 0.0369. The van der Waals surface area contributed by atoms with Crippen LogP contribution in [0.15, 0.2) is 28.8 Å². The third-order valence-corrected chi connectivity index (χ3v) is 4.97. The highest BCUT2D eigenvalue weighted by Gasteiger charge is 2.36. The molecular weight excluding hydrogens is 344 g/mol. The van der Waals surface area contributed by atoms with Gasteiger partial charge in [-0.1, -0.05) is 5.16 Å². The second-order valence-corrected chi connectivity index (χ2v) is 6.86. The predicted octanol–water partition coefficient (Wildman–Crippen LogP) is 3.13. The van der Waals surface area contributed by atoms with Crippen molar-refractivity contribution in [3.63, 3.8) is 0 Å². The smallest absolute Gasteiger partial charge is 0.231 e. The SMILES string of the molecule is CCN(CC)c1ccc(N2CC(C(=O)Nc3cc(C)on3)CC2=O)c(C)c1. The number of hydrogen-bond donors (Lipinski definition) is 1. The molecule has 1 aromatic carbocycles. The molecule has 27 heavy (non-hydrogen) atoms. The van der Waals surface area contributed by atoms with Crippen molar-refractivity contribution in [1.82, 2.24) is 5.16 Å². The largest absolute Gasteiger partial charge is 0.372 e. The van der Waals surface area contributed by atoms with Crippen molar-refractivity contribution in [3.8, 4) is 0 Å².